The van der Waals surface area contributed by atoms with Gasteiger partial charge in [0.2, 0.25) is 0 Å². The van der Waals surface area contributed by atoms with Crippen LogP contribution in [-0.2, 0) is 9.53 Å². The maximum Gasteiger partial charge on any atom is 0.384 e. The Labute approximate surface area is 92.6 Å². The lowest BCUT2D eigenvalue weighted by atomic mass is 10.2. The van der Waals surface area contributed by atoms with E-state index < -0.39 is 5.97 Å². The molecular formula is C12H10N2O2. The molecule has 2 rings (SSSR count). The third-order valence-electron chi connectivity index (χ3n) is 1.98. The number of fused-ring (bicyclic) bond motifs is 1. The van der Waals surface area contributed by atoms with E-state index in [2.05, 4.69) is 21.8 Å². The number of aromatic amines is 1. The van der Waals surface area contributed by atoms with Crippen LogP contribution in [0.2, 0.25) is 0 Å². The topological polar surface area (TPSA) is 55.0 Å². The Bertz CT molecular complexity index is 575. The van der Waals surface area contributed by atoms with Crippen LogP contribution in [0.3, 0.4) is 0 Å². The van der Waals surface area contributed by atoms with Crippen molar-refractivity contribution in [1.29, 1.82) is 0 Å². The van der Waals surface area contributed by atoms with Crippen LogP contribution in [0.25, 0.3) is 11.0 Å². The fourth-order valence-corrected chi connectivity index (χ4v) is 1.29. The van der Waals surface area contributed by atoms with Crippen molar-refractivity contribution < 1.29 is 9.53 Å². The summed E-state index contributed by atoms with van der Waals surface area (Å²) in [5.74, 6) is 4.58. The highest BCUT2D eigenvalue weighted by atomic mass is 16.5. The first-order valence-corrected chi connectivity index (χ1v) is 4.91. The molecular weight excluding hydrogens is 204 g/mol. The fraction of sp³-hybridized carbons (Fsp3) is 0.167. The van der Waals surface area contributed by atoms with Crippen LogP contribution in [0.15, 0.2) is 24.5 Å². The third kappa shape index (κ3) is 2.20. The molecule has 1 N–H and O–H groups in total. The predicted molar refractivity (Wildman–Crippen MR) is 59.6 cm³/mol. The van der Waals surface area contributed by atoms with Gasteiger partial charge in [-0.15, -0.1) is 0 Å². The van der Waals surface area contributed by atoms with Crippen LogP contribution in [-0.4, -0.2) is 22.5 Å². The lowest BCUT2D eigenvalue weighted by Gasteiger charge is -1.92. The highest BCUT2D eigenvalue weighted by Crippen LogP contribution is 2.09. The van der Waals surface area contributed by atoms with E-state index in [1.54, 1.807) is 19.3 Å². The summed E-state index contributed by atoms with van der Waals surface area (Å²) in [7, 11) is 0. The summed E-state index contributed by atoms with van der Waals surface area (Å²) in [4.78, 5) is 18.2. The first-order chi connectivity index (χ1) is 7.79. The Hall–Kier alpha value is -2.28. The summed E-state index contributed by atoms with van der Waals surface area (Å²) in [5, 5.41) is 0. The van der Waals surface area contributed by atoms with Crippen molar-refractivity contribution >= 4 is 17.0 Å². The quantitative estimate of drug-likeness (QED) is 0.577. The number of rotatable bonds is 1. The lowest BCUT2D eigenvalue weighted by Crippen LogP contribution is -1.99. The Morgan fingerprint density at radius 2 is 2.50 bits per heavy atom. The summed E-state index contributed by atoms with van der Waals surface area (Å²) >= 11 is 0. The molecule has 4 heteroatoms. The highest BCUT2D eigenvalue weighted by Gasteiger charge is 1.97. The van der Waals surface area contributed by atoms with E-state index in [4.69, 9.17) is 4.74 Å². The molecule has 0 aliphatic rings. The van der Waals surface area contributed by atoms with E-state index in [-0.39, 0.29) is 0 Å². The molecule has 0 radical (unpaired) electrons. The van der Waals surface area contributed by atoms with Crippen molar-refractivity contribution in [3.63, 3.8) is 0 Å². The van der Waals surface area contributed by atoms with Crippen LogP contribution in [0.5, 0.6) is 0 Å². The summed E-state index contributed by atoms with van der Waals surface area (Å²) in [6, 6.07) is 3.71. The largest absolute Gasteiger partial charge is 0.456 e. The summed E-state index contributed by atoms with van der Waals surface area (Å²) in [6.07, 6.45) is 3.43. The molecule has 0 bridgehead atoms. The van der Waals surface area contributed by atoms with Crippen molar-refractivity contribution in [2.75, 3.05) is 6.61 Å². The summed E-state index contributed by atoms with van der Waals surface area (Å²) in [5.41, 5.74) is 2.46. The first kappa shape index (κ1) is 10.2. The highest BCUT2D eigenvalue weighted by molar-refractivity contribution is 5.89. The van der Waals surface area contributed by atoms with Gasteiger partial charge in [-0.3, -0.25) is 4.98 Å². The number of ether oxygens (including phenoxy) is 1. The average molecular weight is 214 g/mol. The standard InChI is InChI=1S/C12H10N2O2/c1-2-16-12(15)4-3-9-7-11-10(14-8-9)5-6-13-11/h5-8,13H,2H2,1H3. The van der Waals surface area contributed by atoms with Crippen LogP contribution < -0.4 is 0 Å². The third-order valence-corrected chi connectivity index (χ3v) is 1.98. The number of hydrogen-bond acceptors (Lipinski definition) is 3. The number of H-pyrrole nitrogens is 1. The molecule has 80 valence electrons. The lowest BCUT2D eigenvalue weighted by molar-refractivity contribution is -0.136. The molecule has 0 spiro atoms. The molecule has 0 aromatic carbocycles. The van der Waals surface area contributed by atoms with Crippen molar-refractivity contribution in [3.05, 3.63) is 30.1 Å². The second-order valence-corrected chi connectivity index (χ2v) is 3.10. The molecule has 0 fully saturated rings. The number of hydrogen-bond donors (Lipinski definition) is 1. The minimum atomic E-state index is -0.519. The molecule has 0 amide bonds. The van der Waals surface area contributed by atoms with Gasteiger partial charge >= 0.3 is 5.97 Å². The molecule has 2 heterocycles. The zero-order valence-corrected chi connectivity index (χ0v) is 8.78. The molecule has 0 aliphatic carbocycles. The van der Waals surface area contributed by atoms with Gasteiger partial charge < -0.3 is 9.72 Å². The van der Waals surface area contributed by atoms with Gasteiger partial charge in [0.15, 0.2) is 0 Å². The van der Waals surface area contributed by atoms with Crippen LogP contribution in [0.1, 0.15) is 12.5 Å². The summed E-state index contributed by atoms with van der Waals surface area (Å²) in [6.45, 7) is 2.08. The molecule has 16 heavy (non-hydrogen) atoms. The van der Waals surface area contributed by atoms with E-state index in [0.717, 1.165) is 11.0 Å². The van der Waals surface area contributed by atoms with E-state index >= 15 is 0 Å². The Morgan fingerprint density at radius 1 is 1.62 bits per heavy atom. The predicted octanol–water partition coefficient (Wildman–Crippen LogP) is 1.48. The maximum atomic E-state index is 11.0. The van der Waals surface area contributed by atoms with E-state index in [1.165, 1.54) is 0 Å². The smallest absolute Gasteiger partial charge is 0.384 e. The monoisotopic (exact) mass is 214 g/mol. The zero-order valence-electron chi connectivity index (χ0n) is 8.78. The number of esters is 1. The van der Waals surface area contributed by atoms with E-state index in [1.807, 2.05) is 12.1 Å². The summed E-state index contributed by atoms with van der Waals surface area (Å²) < 4.78 is 4.70. The van der Waals surface area contributed by atoms with Gasteiger partial charge in [0.1, 0.15) is 0 Å². The molecule has 0 aliphatic heterocycles. The van der Waals surface area contributed by atoms with Crippen LogP contribution >= 0.6 is 0 Å². The Morgan fingerprint density at radius 3 is 3.31 bits per heavy atom. The Balaban J connectivity index is 2.23. The minimum Gasteiger partial charge on any atom is -0.456 e. The molecule has 0 unspecified atom stereocenters. The van der Waals surface area contributed by atoms with Gasteiger partial charge in [-0.2, -0.15) is 0 Å². The molecule has 0 saturated carbocycles. The van der Waals surface area contributed by atoms with Gasteiger partial charge in [-0.25, -0.2) is 4.79 Å². The van der Waals surface area contributed by atoms with Crippen LogP contribution in [0.4, 0.5) is 0 Å². The number of nitrogens with zero attached hydrogens (tertiary/aromatic N) is 1. The van der Waals surface area contributed by atoms with Crippen molar-refractivity contribution in [1.82, 2.24) is 9.97 Å². The number of aromatic nitrogens is 2. The average Bonchev–Trinajstić information content (AvgIpc) is 2.74. The first-order valence-electron chi connectivity index (χ1n) is 4.91. The van der Waals surface area contributed by atoms with Gasteiger partial charge in [0.05, 0.1) is 17.6 Å². The minimum absolute atomic E-state index is 0.335. The molecule has 0 saturated heterocycles. The zero-order chi connectivity index (χ0) is 11.4. The Kier molecular flexibility index (Phi) is 2.88. The molecule has 0 atom stereocenters. The van der Waals surface area contributed by atoms with Crippen molar-refractivity contribution in [2.45, 2.75) is 6.92 Å². The molecule has 4 nitrogen and oxygen atoms in total. The van der Waals surface area contributed by atoms with Crippen molar-refractivity contribution in [2.24, 2.45) is 0 Å². The normalized spacial score (nSPS) is 9.56. The second-order valence-electron chi connectivity index (χ2n) is 3.10. The van der Waals surface area contributed by atoms with E-state index in [9.17, 15) is 4.79 Å². The van der Waals surface area contributed by atoms with Gasteiger partial charge in [-0.05, 0) is 19.1 Å². The number of carbonyl (C=O) groups excluding carboxylic acids is 1. The molecule has 2 aromatic heterocycles. The number of carbonyl (C=O) groups is 1. The van der Waals surface area contributed by atoms with Gasteiger partial charge in [0.25, 0.3) is 0 Å². The number of nitrogens with one attached hydrogen (secondary N) is 1. The maximum absolute atomic E-state index is 11.0. The van der Waals surface area contributed by atoms with Gasteiger partial charge in [-0.1, -0.05) is 5.92 Å². The second kappa shape index (κ2) is 4.49. The fourth-order valence-electron chi connectivity index (χ4n) is 1.29. The number of pyridine rings is 1. The van der Waals surface area contributed by atoms with Crippen LogP contribution in [0, 0.1) is 11.8 Å². The van der Waals surface area contributed by atoms with Gasteiger partial charge in [0, 0.05) is 23.9 Å². The SMILES string of the molecule is CCOC(=O)C#Cc1cnc2cc[nH]c2c1. The molecule has 2 aromatic rings. The van der Waals surface area contributed by atoms with Crippen molar-refractivity contribution in [3.8, 4) is 11.8 Å². The van der Waals surface area contributed by atoms with E-state index in [0.29, 0.717) is 12.2 Å².